The second-order valence-corrected chi connectivity index (χ2v) is 8.39. The Labute approximate surface area is 193 Å². The summed E-state index contributed by atoms with van der Waals surface area (Å²) >= 11 is 13.5. The Morgan fingerprint density at radius 1 is 1.16 bits per heavy atom. The van der Waals surface area contributed by atoms with E-state index in [0.29, 0.717) is 27.5 Å². The molecule has 1 amide bonds. The van der Waals surface area contributed by atoms with E-state index in [9.17, 15) is 4.79 Å². The number of carbonyl (C=O) groups is 1. The van der Waals surface area contributed by atoms with Crippen LogP contribution in [0.3, 0.4) is 0 Å². The molecule has 0 saturated carbocycles. The Morgan fingerprint density at radius 3 is 2.77 bits per heavy atom. The Bertz CT molecular complexity index is 1220. The van der Waals surface area contributed by atoms with Gasteiger partial charge in [-0.3, -0.25) is 14.7 Å². The van der Waals surface area contributed by atoms with E-state index in [1.807, 2.05) is 30.3 Å². The Morgan fingerprint density at radius 2 is 2.03 bits per heavy atom. The highest BCUT2D eigenvalue weighted by atomic mass is 35.5. The van der Waals surface area contributed by atoms with Gasteiger partial charge in [-0.15, -0.1) is 0 Å². The molecule has 4 aromatic rings. The van der Waals surface area contributed by atoms with Crippen LogP contribution < -0.4 is 14.4 Å². The van der Waals surface area contributed by atoms with Crippen molar-refractivity contribution in [3.05, 3.63) is 76.5 Å². The Kier molecular flexibility index (Phi) is 6.56. The van der Waals surface area contributed by atoms with Crippen LogP contribution in [0.1, 0.15) is 5.56 Å². The van der Waals surface area contributed by atoms with Crippen molar-refractivity contribution in [1.29, 1.82) is 0 Å². The number of rotatable bonds is 7. The molecule has 0 aliphatic rings. The van der Waals surface area contributed by atoms with Crippen molar-refractivity contribution in [2.24, 2.45) is 0 Å². The van der Waals surface area contributed by atoms with Crippen LogP contribution in [0.5, 0.6) is 11.5 Å². The zero-order valence-electron chi connectivity index (χ0n) is 16.4. The predicted molar refractivity (Wildman–Crippen MR) is 124 cm³/mol. The number of benzene rings is 2. The number of thiazole rings is 1. The first-order valence-corrected chi connectivity index (χ1v) is 10.8. The molecular weight excluding hydrogens is 457 g/mol. The van der Waals surface area contributed by atoms with Crippen molar-refractivity contribution in [1.82, 2.24) is 9.97 Å². The molecule has 2 heterocycles. The number of pyridine rings is 1. The lowest BCUT2D eigenvalue weighted by atomic mass is 10.2. The van der Waals surface area contributed by atoms with Gasteiger partial charge in [-0.05, 0) is 48.0 Å². The van der Waals surface area contributed by atoms with Gasteiger partial charge in [0.1, 0.15) is 11.5 Å². The molecule has 4 rings (SSSR count). The number of anilines is 1. The minimum absolute atomic E-state index is 0.207. The highest BCUT2D eigenvalue weighted by Crippen LogP contribution is 2.33. The molecule has 0 spiro atoms. The maximum Gasteiger partial charge on any atom is 0.267 e. The molecule has 0 aliphatic carbocycles. The molecule has 9 heteroatoms. The summed E-state index contributed by atoms with van der Waals surface area (Å²) < 4.78 is 11.9. The van der Waals surface area contributed by atoms with E-state index in [2.05, 4.69) is 9.97 Å². The average molecular weight is 474 g/mol. The van der Waals surface area contributed by atoms with E-state index in [1.54, 1.807) is 42.6 Å². The van der Waals surface area contributed by atoms with E-state index < -0.39 is 0 Å². The van der Waals surface area contributed by atoms with Gasteiger partial charge < -0.3 is 9.47 Å². The molecule has 0 fully saturated rings. The molecule has 0 saturated heterocycles. The molecule has 158 valence electrons. The smallest absolute Gasteiger partial charge is 0.267 e. The normalized spacial score (nSPS) is 10.8. The van der Waals surface area contributed by atoms with Crippen LogP contribution in [-0.2, 0) is 11.3 Å². The number of hydrogen-bond donors (Lipinski definition) is 0. The zero-order chi connectivity index (χ0) is 21.8. The fraction of sp³-hybridized carbons (Fsp3) is 0.136. The van der Waals surface area contributed by atoms with Crippen molar-refractivity contribution < 1.29 is 14.3 Å². The lowest BCUT2D eigenvalue weighted by Gasteiger charge is -2.20. The molecule has 31 heavy (non-hydrogen) atoms. The lowest BCUT2D eigenvalue weighted by molar-refractivity contribution is -0.120. The van der Waals surface area contributed by atoms with Gasteiger partial charge >= 0.3 is 0 Å². The topological polar surface area (TPSA) is 64.5 Å². The van der Waals surface area contributed by atoms with Crippen LogP contribution in [0.2, 0.25) is 10.0 Å². The molecule has 2 aromatic heterocycles. The second-order valence-electron chi connectivity index (χ2n) is 6.53. The first kappa shape index (κ1) is 21.4. The number of nitrogens with zero attached hydrogens (tertiary/aromatic N) is 3. The number of fused-ring (bicyclic) bond motifs is 1. The fourth-order valence-electron chi connectivity index (χ4n) is 2.88. The summed E-state index contributed by atoms with van der Waals surface area (Å²) in [6.45, 7) is 0.0994. The maximum absolute atomic E-state index is 13.2. The molecule has 0 N–H and O–H groups in total. The number of aromatic nitrogens is 2. The summed E-state index contributed by atoms with van der Waals surface area (Å²) in [6.07, 6.45) is 3.40. The molecule has 6 nitrogen and oxygen atoms in total. The SMILES string of the molecule is COc1ccc2nc(N(Cc3cccnc3)C(=O)COc3ccc(Cl)cc3Cl)sc2c1. The van der Waals surface area contributed by atoms with Crippen molar-refractivity contribution in [3.63, 3.8) is 0 Å². The minimum Gasteiger partial charge on any atom is -0.497 e. The van der Waals surface area contributed by atoms with Crippen LogP contribution in [-0.4, -0.2) is 29.6 Å². The Balaban J connectivity index is 1.61. The third kappa shape index (κ3) is 5.07. The molecule has 0 aliphatic heterocycles. The van der Waals surface area contributed by atoms with Crippen molar-refractivity contribution in [2.75, 3.05) is 18.6 Å². The average Bonchev–Trinajstić information content (AvgIpc) is 3.20. The van der Waals surface area contributed by atoms with Crippen LogP contribution >= 0.6 is 34.5 Å². The maximum atomic E-state index is 13.2. The van der Waals surface area contributed by atoms with Gasteiger partial charge in [0.2, 0.25) is 0 Å². The van der Waals surface area contributed by atoms with Gasteiger partial charge in [0.15, 0.2) is 11.7 Å². The second kappa shape index (κ2) is 9.51. The number of halogens is 2. The predicted octanol–water partition coefficient (Wildman–Crippen LogP) is 5.62. The molecule has 0 bridgehead atoms. The van der Waals surface area contributed by atoms with Crippen molar-refractivity contribution in [3.8, 4) is 11.5 Å². The van der Waals surface area contributed by atoms with Crippen LogP contribution in [0.4, 0.5) is 5.13 Å². The van der Waals surface area contributed by atoms with Crippen molar-refractivity contribution >= 4 is 55.8 Å². The highest BCUT2D eigenvalue weighted by molar-refractivity contribution is 7.22. The number of methoxy groups -OCH3 is 1. The number of amides is 1. The van der Waals surface area contributed by atoms with Crippen LogP contribution in [0.15, 0.2) is 60.9 Å². The summed E-state index contributed by atoms with van der Waals surface area (Å²) in [4.78, 5) is 23.5. The standard InChI is InChI=1S/C22H17Cl2N3O3S/c1-29-16-5-6-18-20(10-16)31-22(26-18)27(12-14-3-2-8-25-11-14)21(28)13-30-19-7-4-15(23)9-17(19)24/h2-11H,12-13H2,1H3. The zero-order valence-corrected chi connectivity index (χ0v) is 18.7. The van der Waals surface area contributed by atoms with E-state index in [1.165, 1.54) is 11.3 Å². The summed E-state index contributed by atoms with van der Waals surface area (Å²) in [5, 5.41) is 1.39. The number of hydrogen-bond acceptors (Lipinski definition) is 6. The van der Waals surface area contributed by atoms with Gasteiger partial charge in [0.05, 0.1) is 28.9 Å². The number of ether oxygens (including phenoxy) is 2. The molecular formula is C22H17Cl2N3O3S. The largest absolute Gasteiger partial charge is 0.497 e. The first-order valence-electron chi connectivity index (χ1n) is 9.25. The summed E-state index contributed by atoms with van der Waals surface area (Å²) in [7, 11) is 1.61. The highest BCUT2D eigenvalue weighted by Gasteiger charge is 2.21. The summed E-state index contributed by atoms with van der Waals surface area (Å²) in [5.41, 5.74) is 1.66. The number of carbonyl (C=O) groups excluding carboxylic acids is 1. The summed E-state index contributed by atoms with van der Waals surface area (Å²) in [5.74, 6) is 0.851. The van der Waals surface area contributed by atoms with Crippen LogP contribution in [0, 0.1) is 0 Å². The third-order valence-corrected chi connectivity index (χ3v) is 6.00. The van der Waals surface area contributed by atoms with E-state index in [4.69, 9.17) is 32.7 Å². The first-order chi connectivity index (χ1) is 15.0. The fourth-order valence-corrected chi connectivity index (χ4v) is 4.36. The molecule has 2 aromatic carbocycles. The molecule has 0 radical (unpaired) electrons. The monoisotopic (exact) mass is 473 g/mol. The van der Waals surface area contributed by atoms with E-state index in [-0.39, 0.29) is 12.5 Å². The molecule has 0 unspecified atom stereocenters. The quantitative estimate of drug-likeness (QED) is 0.348. The van der Waals surface area contributed by atoms with Gasteiger partial charge in [0, 0.05) is 17.4 Å². The van der Waals surface area contributed by atoms with E-state index >= 15 is 0 Å². The van der Waals surface area contributed by atoms with E-state index in [0.717, 1.165) is 21.5 Å². The lowest BCUT2D eigenvalue weighted by Crippen LogP contribution is -2.34. The molecule has 0 atom stereocenters. The summed E-state index contributed by atoms with van der Waals surface area (Å²) in [6, 6.07) is 14.2. The third-order valence-electron chi connectivity index (χ3n) is 4.42. The van der Waals surface area contributed by atoms with Gasteiger partial charge in [-0.25, -0.2) is 4.98 Å². The van der Waals surface area contributed by atoms with Crippen molar-refractivity contribution in [2.45, 2.75) is 6.54 Å². The van der Waals surface area contributed by atoms with Gasteiger partial charge in [-0.1, -0.05) is 40.6 Å². The van der Waals surface area contributed by atoms with Gasteiger partial charge in [0.25, 0.3) is 5.91 Å². The minimum atomic E-state index is -0.263. The Hall–Kier alpha value is -2.87. The van der Waals surface area contributed by atoms with Crippen LogP contribution in [0.25, 0.3) is 10.2 Å². The van der Waals surface area contributed by atoms with Gasteiger partial charge in [-0.2, -0.15) is 0 Å².